The number of rotatable bonds is 4. The normalized spacial score (nSPS) is 9.76. The number of ether oxygens (including phenoxy) is 1. The van der Waals surface area contributed by atoms with Gasteiger partial charge < -0.3 is 15.2 Å². The summed E-state index contributed by atoms with van der Waals surface area (Å²) in [6.45, 7) is 1.87. The Bertz CT molecular complexity index is 433. The van der Waals surface area contributed by atoms with E-state index in [2.05, 4.69) is 5.32 Å². The molecule has 0 aliphatic carbocycles. The molecule has 0 bridgehead atoms. The summed E-state index contributed by atoms with van der Waals surface area (Å²) >= 11 is 5.33. The van der Waals surface area contributed by atoms with Crippen molar-refractivity contribution in [1.29, 1.82) is 0 Å². The van der Waals surface area contributed by atoms with E-state index in [-0.39, 0.29) is 23.8 Å². The van der Waals surface area contributed by atoms with Crippen LogP contribution in [0, 0.1) is 0 Å². The van der Waals surface area contributed by atoms with Gasteiger partial charge in [0.2, 0.25) is 5.91 Å². The summed E-state index contributed by atoms with van der Waals surface area (Å²) in [5.41, 5.74) is 0.371. The molecule has 1 aromatic rings. The lowest BCUT2D eigenvalue weighted by Gasteiger charge is -2.07. The van der Waals surface area contributed by atoms with Gasteiger partial charge in [0.15, 0.2) is 0 Å². The number of phenolic OH excluding ortho intramolecular Hbond substituents is 1. The minimum atomic E-state index is -0.646. The highest BCUT2D eigenvalue weighted by atomic mass is 35.5. The average Bonchev–Trinajstić information content (AvgIpc) is 2.31. The van der Waals surface area contributed by atoms with Crippen LogP contribution in [0.15, 0.2) is 18.2 Å². The molecule has 0 heterocycles. The van der Waals surface area contributed by atoms with Gasteiger partial charge in [0, 0.05) is 5.69 Å². The predicted octanol–water partition coefficient (Wildman–Crippen LogP) is 1.75. The number of alkyl halides is 1. The Morgan fingerprint density at radius 3 is 2.76 bits per heavy atom. The first-order valence-corrected chi connectivity index (χ1v) is 5.48. The van der Waals surface area contributed by atoms with E-state index in [1.165, 1.54) is 18.2 Å². The van der Waals surface area contributed by atoms with Crippen molar-refractivity contribution in [1.82, 2.24) is 0 Å². The molecule has 0 atom stereocenters. The lowest BCUT2D eigenvalue weighted by molar-refractivity contribution is -0.113. The number of halogens is 1. The molecule has 1 amide bonds. The number of benzene rings is 1. The Kier molecular flexibility index (Phi) is 4.78. The number of esters is 1. The maximum absolute atomic E-state index is 11.5. The standard InChI is InChI=1S/C11H12ClNO4/c1-2-17-11(16)8-5-7(3-4-9(8)14)13-10(15)6-12/h3-5,14H,2,6H2,1H3,(H,13,15). The molecule has 1 aromatic carbocycles. The molecular formula is C11H12ClNO4. The summed E-state index contributed by atoms with van der Waals surface area (Å²) in [6, 6.07) is 4.09. The SMILES string of the molecule is CCOC(=O)c1cc(NC(=O)CCl)ccc1O. The largest absolute Gasteiger partial charge is 0.507 e. The van der Waals surface area contributed by atoms with Gasteiger partial charge >= 0.3 is 5.97 Å². The molecule has 0 aliphatic heterocycles. The van der Waals surface area contributed by atoms with Crippen LogP contribution in [0.1, 0.15) is 17.3 Å². The van der Waals surface area contributed by atoms with Gasteiger partial charge in [0.05, 0.1) is 6.61 Å². The fourth-order valence-electron chi connectivity index (χ4n) is 1.18. The molecule has 0 radical (unpaired) electrons. The number of hydrogen-bond donors (Lipinski definition) is 2. The number of nitrogens with one attached hydrogen (secondary N) is 1. The summed E-state index contributed by atoms with van der Waals surface area (Å²) < 4.78 is 4.76. The molecule has 0 unspecified atom stereocenters. The average molecular weight is 258 g/mol. The Hall–Kier alpha value is -1.75. The Morgan fingerprint density at radius 1 is 1.47 bits per heavy atom. The van der Waals surface area contributed by atoms with Crippen LogP contribution in [-0.2, 0) is 9.53 Å². The Morgan fingerprint density at radius 2 is 2.18 bits per heavy atom. The topological polar surface area (TPSA) is 75.6 Å². The number of hydrogen-bond acceptors (Lipinski definition) is 4. The second-order valence-electron chi connectivity index (χ2n) is 3.13. The lowest BCUT2D eigenvalue weighted by Crippen LogP contribution is -2.13. The fourth-order valence-corrected chi connectivity index (χ4v) is 1.25. The van der Waals surface area contributed by atoms with Crippen molar-refractivity contribution >= 4 is 29.2 Å². The van der Waals surface area contributed by atoms with E-state index in [4.69, 9.17) is 16.3 Å². The third kappa shape index (κ3) is 3.64. The first-order valence-electron chi connectivity index (χ1n) is 4.94. The van der Waals surface area contributed by atoms with Gasteiger partial charge in [-0.2, -0.15) is 0 Å². The molecule has 0 aromatic heterocycles. The van der Waals surface area contributed by atoms with Gasteiger partial charge in [-0.05, 0) is 25.1 Å². The molecule has 0 aliphatic rings. The number of aromatic hydroxyl groups is 1. The van der Waals surface area contributed by atoms with Crippen molar-refractivity contribution < 1.29 is 19.4 Å². The van der Waals surface area contributed by atoms with Crippen molar-refractivity contribution in [2.75, 3.05) is 17.8 Å². The maximum Gasteiger partial charge on any atom is 0.341 e. The highest BCUT2D eigenvalue weighted by Crippen LogP contribution is 2.22. The maximum atomic E-state index is 11.5. The van der Waals surface area contributed by atoms with Crippen LogP contribution < -0.4 is 5.32 Å². The third-order valence-corrected chi connectivity index (χ3v) is 2.14. The second-order valence-corrected chi connectivity index (χ2v) is 3.40. The number of carbonyl (C=O) groups is 2. The predicted molar refractivity (Wildman–Crippen MR) is 63.4 cm³/mol. The van der Waals surface area contributed by atoms with Crippen LogP contribution in [0.4, 0.5) is 5.69 Å². The van der Waals surface area contributed by atoms with E-state index in [1.807, 2.05) is 0 Å². The van der Waals surface area contributed by atoms with Gasteiger partial charge in [-0.25, -0.2) is 4.79 Å². The van der Waals surface area contributed by atoms with Crippen LogP contribution in [0.5, 0.6) is 5.75 Å². The zero-order valence-electron chi connectivity index (χ0n) is 9.20. The molecule has 0 fully saturated rings. The quantitative estimate of drug-likeness (QED) is 0.489. The zero-order chi connectivity index (χ0) is 12.8. The summed E-state index contributed by atoms with van der Waals surface area (Å²) in [5, 5.41) is 12.0. The van der Waals surface area contributed by atoms with Gasteiger partial charge in [-0.15, -0.1) is 11.6 Å². The van der Waals surface area contributed by atoms with E-state index < -0.39 is 11.9 Å². The van der Waals surface area contributed by atoms with Crippen LogP contribution in [0.3, 0.4) is 0 Å². The summed E-state index contributed by atoms with van der Waals surface area (Å²) in [7, 11) is 0. The Balaban J connectivity index is 2.94. The van der Waals surface area contributed by atoms with Crippen molar-refractivity contribution in [2.45, 2.75) is 6.92 Å². The molecule has 5 nitrogen and oxygen atoms in total. The molecular weight excluding hydrogens is 246 g/mol. The molecule has 0 saturated heterocycles. The van der Waals surface area contributed by atoms with Crippen molar-refractivity contribution in [3.8, 4) is 5.75 Å². The first-order chi connectivity index (χ1) is 8.08. The number of amides is 1. The Labute approximate surface area is 103 Å². The smallest absolute Gasteiger partial charge is 0.341 e. The number of phenols is 1. The van der Waals surface area contributed by atoms with E-state index in [0.717, 1.165) is 0 Å². The molecule has 2 N–H and O–H groups in total. The highest BCUT2D eigenvalue weighted by molar-refractivity contribution is 6.29. The monoisotopic (exact) mass is 257 g/mol. The van der Waals surface area contributed by atoms with E-state index in [0.29, 0.717) is 5.69 Å². The summed E-state index contributed by atoms with van der Waals surface area (Å²) in [6.07, 6.45) is 0. The lowest BCUT2D eigenvalue weighted by atomic mass is 10.2. The second kappa shape index (κ2) is 6.10. The summed E-state index contributed by atoms with van der Waals surface area (Å²) in [5.74, 6) is -1.43. The molecule has 92 valence electrons. The minimum absolute atomic E-state index is 0.000720. The van der Waals surface area contributed by atoms with Gasteiger partial charge in [-0.3, -0.25) is 4.79 Å². The summed E-state index contributed by atoms with van der Waals surface area (Å²) in [4.78, 5) is 22.5. The third-order valence-electron chi connectivity index (χ3n) is 1.90. The van der Waals surface area contributed by atoms with Gasteiger partial charge in [0.25, 0.3) is 0 Å². The van der Waals surface area contributed by atoms with Crippen LogP contribution in [0.2, 0.25) is 0 Å². The molecule has 0 spiro atoms. The van der Waals surface area contributed by atoms with E-state index >= 15 is 0 Å². The van der Waals surface area contributed by atoms with Crippen LogP contribution >= 0.6 is 11.6 Å². The van der Waals surface area contributed by atoms with Crippen LogP contribution in [0.25, 0.3) is 0 Å². The van der Waals surface area contributed by atoms with Crippen molar-refractivity contribution in [3.63, 3.8) is 0 Å². The van der Waals surface area contributed by atoms with Gasteiger partial charge in [-0.1, -0.05) is 0 Å². The molecule has 6 heteroatoms. The first kappa shape index (κ1) is 13.3. The number of anilines is 1. The molecule has 0 saturated carbocycles. The van der Waals surface area contributed by atoms with Gasteiger partial charge in [0.1, 0.15) is 17.2 Å². The van der Waals surface area contributed by atoms with Crippen molar-refractivity contribution in [3.05, 3.63) is 23.8 Å². The highest BCUT2D eigenvalue weighted by Gasteiger charge is 2.13. The molecule has 17 heavy (non-hydrogen) atoms. The number of carbonyl (C=O) groups excluding carboxylic acids is 2. The van der Waals surface area contributed by atoms with E-state index in [1.54, 1.807) is 6.92 Å². The zero-order valence-corrected chi connectivity index (χ0v) is 9.95. The fraction of sp³-hybridized carbons (Fsp3) is 0.273. The van der Waals surface area contributed by atoms with Crippen LogP contribution in [-0.4, -0.2) is 29.5 Å². The van der Waals surface area contributed by atoms with Crippen molar-refractivity contribution in [2.24, 2.45) is 0 Å². The minimum Gasteiger partial charge on any atom is -0.507 e. The molecule has 1 rings (SSSR count). The van der Waals surface area contributed by atoms with E-state index in [9.17, 15) is 14.7 Å².